The molecule has 14 heteroatoms. The Balaban J connectivity index is 0.000000310. The van der Waals surface area contributed by atoms with Gasteiger partial charge < -0.3 is 23.4 Å². The van der Waals surface area contributed by atoms with Crippen LogP contribution in [0.15, 0.2) is 65.9 Å². The first-order valence-electron chi connectivity index (χ1n) is 13.0. The van der Waals surface area contributed by atoms with E-state index < -0.39 is 33.2 Å². The zero-order valence-corrected chi connectivity index (χ0v) is 24.0. The molecule has 3 heterocycles. The molecule has 12 nitrogen and oxygen atoms in total. The van der Waals surface area contributed by atoms with Gasteiger partial charge in [0, 0.05) is 44.3 Å². The molecule has 1 aliphatic rings. The zero-order valence-electron chi connectivity index (χ0n) is 23.2. The van der Waals surface area contributed by atoms with Crippen molar-refractivity contribution in [1.82, 2.24) is 9.47 Å². The van der Waals surface area contributed by atoms with Crippen molar-refractivity contribution in [2.24, 2.45) is 0 Å². The van der Waals surface area contributed by atoms with Crippen molar-refractivity contribution in [2.45, 2.75) is 38.8 Å². The van der Waals surface area contributed by atoms with Crippen LogP contribution in [0.4, 0.5) is 10.1 Å². The lowest BCUT2D eigenvalue weighted by molar-refractivity contribution is 0.0694. The highest BCUT2D eigenvalue weighted by molar-refractivity contribution is 7.85. The maximum absolute atomic E-state index is 14.9. The second-order valence-electron chi connectivity index (χ2n) is 9.77. The molecule has 0 amide bonds. The normalized spacial score (nSPS) is 14.1. The number of anilines is 1. The number of hydrogen-bond acceptors (Lipinski definition) is 9. The van der Waals surface area contributed by atoms with E-state index >= 15 is 0 Å². The SMILES string of the molecule is CCn1cc(C(=O)O)c(=O)c2cc(F)c(N3CCN(Cc4oc(=O)oc4C)CC3)cc21.Cc1ccc(S(=O)(=O)O)cc1. The smallest absolute Gasteiger partial charge is 0.477 e. The van der Waals surface area contributed by atoms with Gasteiger partial charge in [-0.15, -0.1) is 0 Å². The molecule has 0 atom stereocenters. The van der Waals surface area contributed by atoms with Gasteiger partial charge in [0.1, 0.15) is 17.1 Å². The number of hydrogen-bond donors (Lipinski definition) is 2. The van der Waals surface area contributed by atoms with Gasteiger partial charge in [-0.05, 0) is 45.0 Å². The Labute approximate surface area is 239 Å². The number of piperazine rings is 1. The van der Waals surface area contributed by atoms with Crippen LogP contribution in [0.3, 0.4) is 0 Å². The number of carbonyl (C=O) groups is 1. The number of aromatic carboxylic acids is 1. The average Bonchev–Trinajstić information content (AvgIpc) is 3.25. The molecule has 5 rings (SSSR count). The number of rotatable bonds is 6. The molecule has 1 fully saturated rings. The van der Waals surface area contributed by atoms with Crippen LogP contribution < -0.4 is 16.2 Å². The van der Waals surface area contributed by atoms with Crippen molar-refractivity contribution >= 4 is 32.7 Å². The van der Waals surface area contributed by atoms with Crippen LogP contribution in [0.25, 0.3) is 10.9 Å². The molecule has 0 aliphatic carbocycles. The van der Waals surface area contributed by atoms with Crippen molar-refractivity contribution in [3.63, 3.8) is 0 Å². The van der Waals surface area contributed by atoms with Crippen molar-refractivity contribution in [3.05, 3.63) is 91.9 Å². The number of nitrogens with zero attached hydrogens (tertiary/aromatic N) is 3. The minimum Gasteiger partial charge on any atom is -0.477 e. The fraction of sp³-hybridized carbons (Fsp3) is 0.321. The second-order valence-corrected chi connectivity index (χ2v) is 11.2. The number of carboxylic acid groups (broad SMARTS) is 1. The van der Waals surface area contributed by atoms with E-state index in [-0.39, 0.29) is 15.8 Å². The summed E-state index contributed by atoms with van der Waals surface area (Å²) in [5, 5.41) is 9.32. The summed E-state index contributed by atoms with van der Waals surface area (Å²) in [6.07, 6.45) is 1.30. The van der Waals surface area contributed by atoms with E-state index in [0.717, 1.165) is 11.6 Å². The summed E-state index contributed by atoms with van der Waals surface area (Å²) in [5.74, 6) is -1.70. The number of aryl methyl sites for hydroxylation is 3. The molecule has 2 aromatic carbocycles. The highest BCUT2D eigenvalue weighted by atomic mass is 32.2. The fourth-order valence-corrected chi connectivity index (χ4v) is 5.11. The average molecular weight is 604 g/mol. The number of benzene rings is 2. The van der Waals surface area contributed by atoms with Crippen LogP contribution in [-0.4, -0.2) is 59.7 Å². The van der Waals surface area contributed by atoms with E-state index in [1.807, 2.05) is 18.7 Å². The summed E-state index contributed by atoms with van der Waals surface area (Å²) in [6, 6.07) is 8.72. The topological polar surface area (TPSA) is 164 Å². The number of halogens is 1. The second kappa shape index (κ2) is 12.3. The summed E-state index contributed by atoms with van der Waals surface area (Å²) in [7, 11) is -4.02. The van der Waals surface area contributed by atoms with E-state index in [1.165, 1.54) is 18.3 Å². The van der Waals surface area contributed by atoms with Crippen LogP contribution in [-0.2, 0) is 23.2 Å². The molecule has 0 radical (unpaired) electrons. The first-order chi connectivity index (χ1) is 19.8. The van der Waals surface area contributed by atoms with E-state index in [9.17, 15) is 32.3 Å². The van der Waals surface area contributed by atoms with Gasteiger partial charge in [0.05, 0.1) is 22.6 Å². The molecule has 0 bridgehead atoms. The molecule has 0 saturated carbocycles. The van der Waals surface area contributed by atoms with Crippen molar-refractivity contribution in [2.75, 3.05) is 31.1 Å². The van der Waals surface area contributed by atoms with Gasteiger partial charge in [0.2, 0.25) is 5.43 Å². The third-order valence-electron chi connectivity index (χ3n) is 6.95. The number of fused-ring (bicyclic) bond motifs is 1. The lowest BCUT2D eigenvalue weighted by Gasteiger charge is -2.36. The highest BCUT2D eigenvalue weighted by Gasteiger charge is 2.24. The van der Waals surface area contributed by atoms with E-state index in [2.05, 4.69) is 4.90 Å². The maximum atomic E-state index is 14.9. The number of aromatic nitrogens is 1. The molecule has 224 valence electrons. The first kappa shape index (κ1) is 30.7. The standard InChI is InChI=1S/C21H22FN3O6.C7H8O3S/c1-3-24-10-14(20(27)28)19(26)13-8-15(22)17(9-16(13)24)25-6-4-23(5-7-25)11-18-12(2)30-21(29)31-18;1-6-2-4-7(5-3-6)11(8,9)10/h8-10H,3-7,11H2,1-2H3,(H,27,28);2-5H,1H3,(H,8,9,10). The molecular weight excluding hydrogens is 573 g/mol. The Morgan fingerprint density at radius 1 is 1.02 bits per heavy atom. The quantitative estimate of drug-likeness (QED) is 0.311. The predicted octanol–water partition coefficient (Wildman–Crippen LogP) is 3.28. The monoisotopic (exact) mass is 603 g/mol. The van der Waals surface area contributed by atoms with Crippen LogP contribution >= 0.6 is 0 Å². The lowest BCUT2D eigenvalue weighted by atomic mass is 10.1. The minimum atomic E-state index is -4.02. The van der Waals surface area contributed by atoms with Gasteiger partial charge in [-0.3, -0.25) is 14.2 Å². The number of pyridine rings is 1. The Morgan fingerprint density at radius 3 is 2.19 bits per heavy atom. The van der Waals surface area contributed by atoms with Gasteiger partial charge in [-0.25, -0.2) is 14.0 Å². The minimum absolute atomic E-state index is 0.0482. The highest BCUT2D eigenvalue weighted by Crippen LogP contribution is 2.27. The lowest BCUT2D eigenvalue weighted by Crippen LogP contribution is -2.46. The van der Waals surface area contributed by atoms with E-state index in [4.69, 9.17) is 13.4 Å². The molecule has 0 spiro atoms. The van der Waals surface area contributed by atoms with Crippen molar-refractivity contribution < 1.29 is 36.1 Å². The molecule has 2 aromatic heterocycles. The third kappa shape index (κ3) is 6.78. The maximum Gasteiger partial charge on any atom is 0.519 e. The predicted molar refractivity (Wildman–Crippen MR) is 151 cm³/mol. The largest absolute Gasteiger partial charge is 0.519 e. The Hall–Kier alpha value is -4.27. The van der Waals surface area contributed by atoms with Gasteiger partial charge in [-0.2, -0.15) is 8.42 Å². The molecule has 1 saturated heterocycles. The van der Waals surface area contributed by atoms with E-state index in [0.29, 0.717) is 62.0 Å². The summed E-state index contributed by atoms with van der Waals surface area (Å²) < 4.78 is 56.1. The summed E-state index contributed by atoms with van der Waals surface area (Å²) in [6.45, 7) is 8.50. The summed E-state index contributed by atoms with van der Waals surface area (Å²) in [5.41, 5.74) is 0.739. The third-order valence-corrected chi connectivity index (χ3v) is 7.82. The zero-order chi connectivity index (χ0) is 30.8. The summed E-state index contributed by atoms with van der Waals surface area (Å²) in [4.78, 5) is 39.0. The molecule has 42 heavy (non-hydrogen) atoms. The Kier molecular flexibility index (Phi) is 8.99. The van der Waals surface area contributed by atoms with Gasteiger partial charge in [0.25, 0.3) is 10.1 Å². The molecule has 0 unspecified atom stereocenters. The molecule has 2 N–H and O–H groups in total. The fourth-order valence-electron chi connectivity index (χ4n) is 4.63. The summed E-state index contributed by atoms with van der Waals surface area (Å²) >= 11 is 0. The van der Waals surface area contributed by atoms with E-state index in [1.54, 1.807) is 29.7 Å². The van der Waals surface area contributed by atoms with Crippen molar-refractivity contribution in [1.29, 1.82) is 0 Å². The Morgan fingerprint density at radius 2 is 1.67 bits per heavy atom. The van der Waals surface area contributed by atoms with Crippen LogP contribution in [0.5, 0.6) is 0 Å². The number of carboxylic acids is 1. The molecule has 1 aliphatic heterocycles. The van der Waals surface area contributed by atoms with Gasteiger partial charge in [-0.1, -0.05) is 17.7 Å². The van der Waals surface area contributed by atoms with Crippen molar-refractivity contribution in [3.8, 4) is 0 Å². The molecular formula is C28H30FN3O9S. The molecule has 4 aromatic rings. The van der Waals surface area contributed by atoms with Gasteiger partial charge in [0.15, 0.2) is 5.76 Å². The van der Waals surface area contributed by atoms with Crippen LogP contribution in [0.2, 0.25) is 0 Å². The Bertz CT molecular complexity index is 1840. The first-order valence-corrected chi connectivity index (χ1v) is 14.4. The van der Waals surface area contributed by atoms with Crippen LogP contribution in [0.1, 0.15) is 34.4 Å². The van der Waals surface area contributed by atoms with Gasteiger partial charge >= 0.3 is 11.8 Å². The van der Waals surface area contributed by atoms with Crippen LogP contribution in [0, 0.1) is 19.7 Å².